The number of nitrogens with one attached hydrogen (secondary N) is 1. The molecule has 0 radical (unpaired) electrons. The topological polar surface area (TPSA) is 55.4 Å². The molecule has 0 aliphatic heterocycles. The van der Waals surface area contributed by atoms with Crippen molar-refractivity contribution >= 4 is 10.0 Å². The van der Waals surface area contributed by atoms with Crippen LogP contribution in [0.25, 0.3) is 0 Å². The molecule has 0 atom stereocenters. The molecule has 4 nitrogen and oxygen atoms in total. The Labute approximate surface area is 123 Å². The van der Waals surface area contributed by atoms with Crippen LogP contribution in [-0.2, 0) is 16.6 Å². The van der Waals surface area contributed by atoms with Crippen molar-refractivity contribution in [1.29, 1.82) is 0 Å². The van der Waals surface area contributed by atoms with E-state index in [0.717, 1.165) is 0 Å². The van der Waals surface area contributed by atoms with Crippen molar-refractivity contribution in [3.63, 3.8) is 0 Å². The molecule has 0 spiro atoms. The molecular weight excluding hydrogens is 293 g/mol. The monoisotopic (exact) mass is 309 g/mol. The fourth-order valence-corrected chi connectivity index (χ4v) is 2.85. The molecule has 21 heavy (non-hydrogen) atoms. The smallest absolute Gasteiger partial charge is 0.240 e. The van der Waals surface area contributed by atoms with Crippen molar-refractivity contribution in [3.05, 3.63) is 59.4 Å². The Morgan fingerprint density at radius 3 is 2.38 bits per heavy atom. The minimum Gasteiger partial charge on any atom is -0.497 e. The summed E-state index contributed by atoms with van der Waals surface area (Å²) in [5, 5.41) is 0. The fourth-order valence-electron chi connectivity index (χ4n) is 1.83. The average Bonchev–Trinajstić information content (AvgIpc) is 2.48. The predicted molar refractivity (Wildman–Crippen MR) is 78.2 cm³/mol. The number of aryl methyl sites for hydroxylation is 1. The number of hydrogen-bond acceptors (Lipinski definition) is 3. The van der Waals surface area contributed by atoms with E-state index in [-0.39, 0.29) is 17.3 Å². The lowest BCUT2D eigenvalue weighted by atomic mass is 10.1. The summed E-state index contributed by atoms with van der Waals surface area (Å²) in [6, 6.07) is 10.6. The number of rotatable bonds is 5. The molecule has 2 aromatic carbocycles. The maximum absolute atomic E-state index is 13.2. The van der Waals surface area contributed by atoms with Gasteiger partial charge in [0.2, 0.25) is 10.0 Å². The van der Waals surface area contributed by atoms with Crippen LogP contribution >= 0.6 is 0 Å². The maximum atomic E-state index is 13.2. The second-order valence-electron chi connectivity index (χ2n) is 4.58. The van der Waals surface area contributed by atoms with E-state index in [4.69, 9.17) is 4.74 Å². The molecule has 2 aromatic rings. The lowest BCUT2D eigenvalue weighted by molar-refractivity contribution is 0.414. The molecule has 0 unspecified atom stereocenters. The maximum Gasteiger partial charge on any atom is 0.240 e. The van der Waals surface area contributed by atoms with E-state index in [0.29, 0.717) is 16.9 Å². The minimum atomic E-state index is -3.61. The van der Waals surface area contributed by atoms with Crippen LogP contribution in [0.3, 0.4) is 0 Å². The summed E-state index contributed by atoms with van der Waals surface area (Å²) in [5.74, 6) is 0.278. The van der Waals surface area contributed by atoms with E-state index in [9.17, 15) is 12.8 Å². The summed E-state index contributed by atoms with van der Waals surface area (Å²) in [6.07, 6.45) is 0. The first-order valence-electron chi connectivity index (χ1n) is 6.31. The van der Waals surface area contributed by atoms with Gasteiger partial charge in [0.05, 0.1) is 12.0 Å². The molecule has 0 saturated carbocycles. The number of methoxy groups -OCH3 is 1. The second-order valence-corrected chi connectivity index (χ2v) is 6.35. The first-order valence-corrected chi connectivity index (χ1v) is 7.79. The van der Waals surface area contributed by atoms with Gasteiger partial charge >= 0.3 is 0 Å². The van der Waals surface area contributed by atoms with Crippen LogP contribution in [0.5, 0.6) is 5.75 Å². The van der Waals surface area contributed by atoms with E-state index in [1.54, 1.807) is 31.2 Å². The van der Waals surface area contributed by atoms with Crippen LogP contribution in [0.4, 0.5) is 4.39 Å². The molecule has 6 heteroatoms. The van der Waals surface area contributed by atoms with Crippen LogP contribution in [0.2, 0.25) is 0 Å². The lowest BCUT2D eigenvalue weighted by Crippen LogP contribution is -2.23. The predicted octanol–water partition coefficient (Wildman–Crippen LogP) is 2.62. The molecule has 0 aliphatic rings. The molecule has 0 heterocycles. The van der Waals surface area contributed by atoms with Gasteiger partial charge in [-0.25, -0.2) is 17.5 Å². The Bertz CT molecular complexity index is 727. The van der Waals surface area contributed by atoms with Gasteiger partial charge in [0.15, 0.2) is 0 Å². The molecule has 0 aromatic heterocycles. The van der Waals surface area contributed by atoms with Gasteiger partial charge in [-0.1, -0.05) is 12.1 Å². The Morgan fingerprint density at radius 2 is 1.81 bits per heavy atom. The molecule has 0 aliphatic carbocycles. The van der Waals surface area contributed by atoms with Crippen molar-refractivity contribution in [1.82, 2.24) is 4.72 Å². The van der Waals surface area contributed by atoms with Crippen molar-refractivity contribution in [2.24, 2.45) is 0 Å². The summed E-state index contributed by atoms with van der Waals surface area (Å²) in [7, 11) is -2.09. The van der Waals surface area contributed by atoms with Crippen LogP contribution < -0.4 is 9.46 Å². The van der Waals surface area contributed by atoms with Gasteiger partial charge in [-0.3, -0.25) is 0 Å². The first kappa shape index (κ1) is 15.5. The zero-order chi connectivity index (χ0) is 15.5. The van der Waals surface area contributed by atoms with Gasteiger partial charge in [0.1, 0.15) is 11.6 Å². The molecule has 0 saturated heterocycles. The van der Waals surface area contributed by atoms with Crippen molar-refractivity contribution < 1.29 is 17.5 Å². The first-order chi connectivity index (χ1) is 9.92. The SMILES string of the molecule is COc1ccc(S(=O)(=O)NCc2ccc(F)c(C)c2)cc1. The quantitative estimate of drug-likeness (QED) is 0.923. The normalized spacial score (nSPS) is 11.4. The fraction of sp³-hybridized carbons (Fsp3) is 0.200. The van der Waals surface area contributed by atoms with Crippen molar-refractivity contribution in [3.8, 4) is 5.75 Å². The van der Waals surface area contributed by atoms with E-state index >= 15 is 0 Å². The van der Waals surface area contributed by atoms with Crippen molar-refractivity contribution in [2.45, 2.75) is 18.4 Å². The van der Waals surface area contributed by atoms with E-state index in [1.807, 2.05) is 0 Å². The number of sulfonamides is 1. The standard InChI is InChI=1S/C15H16FNO3S/c1-11-9-12(3-8-15(11)16)10-17-21(18,19)14-6-4-13(20-2)5-7-14/h3-9,17H,10H2,1-2H3. The molecule has 0 bridgehead atoms. The van der Waals surface area contributed by atoms with Gasteiger partial charge in [-0.2, -0.15) is 0 Å². The highest BCUT2D eigenvalue weighted by Gasteiger charge is 2.13. The molecule has 112 valence electrons. The van der Waals surface area contributed by atoms with Gasteiger partial charge < -0.3 is 4.74 Å². The lowest BCUT2D eigenvalue weighted by Gasteiger charge is -2.08. The largest absolute Gasteiger partial charge is 0.497 e. The third-order valence-corrected chi connectivity index (χ3v) is 4.48. The van der Waals surface area contributed by atoms with Gasteiger partial charge in [0.25, 0.3) is 0 Å². The molecule has 0 amide bonds. The van der Waals surface area contributed by atoms with E-state index < -0.39 is 10.0 Å². The Hall–Kier alpha value is -1.92. The second kappa shape index (κ2) is 6.24. The highest BCUT2D eigenvalue weighted by Crippen LogP contribution is 2.16. The number of halogens is 1. The van der Waals surface area contributed by atoms with Crippen LogP contribution in [0, 0.1) is 12.7 Å². The average molecular weight is 309 g/mol. The molecule has 1 N–H and O–H groups in total. The van der Waals surface area contributed by atoms with Crippen LogP contribution in [-0.4, -0.2) is 15.5 Å². The number of hydrogen-bond donors (Lipinski definition) is 1. The zero-order valence-electron chi connectivity index (χ0n) is 11.8. The zero-order valence-corrected chi connectivity index (χ0v) is 12.6. The summed E-state index contributed by atoms with van der Waals surface area (Å²) >= 11 is 0. The Morgan fingerprint density at radius 1 is 1.14 bits per heavy atom. The van der Waals surface area contributed by atoms with Crippen LogP contribution in [0.1, 0.15) is 11.1 Å². The highest BCUT2D eigenvalue weighted by atomic mass is 32.2. The van der Waals surface area contributed by atoms with Gasteiger partial charge in [0, 0.05) is 6.54 Å². The Balaban J connectivity index is 2.11. The third-order valence-electron chi connectivity index (χ3n) is 3.06. The molecule has 2 rings (SSSR count). The summed E-state index contributed by atoms with van der Waals surface area (Å²) in [5.41, 5.74) is 1.18. The number of ether oxygens (including phenoxy) is 1. The van der Waals surface area contributed by atoms with E-state index in [1.165, 1.54) is 25.3 Å². The molecular formula is C15H16FNO3S. The number of benzene rings is 2. The summed E-state index contributed by atoms with van der Waals surface area (Å²) in [4.78, 5) is 0.155. The minimum absolute atomic E-state index is 0.107. The third kappa shape index (κ3) is 3.80. The highest BCUT2D eigenvalue weighted by molar-refractivity contribution is 7.89. The van der Waals surface area contributed by atoms with Gasteiger partial charge in [-0.15, -0.1) is 0 Å². The van der Waals surface area contributed by atoms with Crippen LogP contribution in [0.15, 0.2) is 47.4 Å². The Kier molecular flexibility index (Phi) is 4.59. The van der Waals surface area contributed by atoms with E-state index in [2.05, 4.69) is 4.72 Å². The summed E-state index contributed by atoms with van der Waals surface area (Å²) < 4.78 is 44.9. The summed E-state index contributed by atoms with van der Waals surface area (Å²) in [6.45, 7) is 1.74. The van der Waals surface area contributed by atoms with Gasteiger partial charge in [-0.05, 0) is 48.4 Å². The van der Waals surface area contributed by atoms with Crippen molar-refractivity contribution in [2.75, 3.05) is 7.11 Å². The molecule has 0 fully saturated rings.